The van der Waals surface area contributed by atoms with Crippen LogP contribution in [-0.4, -0.2) is 25.2 Å². The van der Waals surface area contributed by atoms with Crippen LogP contribution in [-0.2, 0) is 9.53 Å². The average molecular weight is 199 g/mol. The minimum absolute atomic E-state index is 0.0789. The first-order chi connectivity index (χ1) is 6.61. The van der Waals surface area contributed by atoms with Crippen LogP contribution in [0.25, 0.3) is 0 Å². The lowest BCUT2D eigenvalue weighted by Gasteiger charge is -2.33. The second kappa shape index (κ2) is 5.35. The van der Waals surface area contributed by atoms with Gasteiger partial charge in [-0.3, -0.25) is 4.79 Å². The van der Waals surface area contributed by atoms with E-state index in [1.54, 1.807) is 6.92 Å². The zero-order valence-corrected chi connectivity index (χ0v) is 9.38. The van der Waals surface area contributed by atoms with E-state index in [0.717, 1.165) is 26.1 Å². The van der Waals surface area contributed by atoms with Gasteiger partial charge in [-0.1, -0.05) is 13.8 Å². The monoisotopic (exact) mass is 199 g/mol. The van der Waals surface area contributed by atoms with Gasteiger partial charge in [0.05, 0.1) is 0 Å². The van der Waals surface area contributed by atoms with Crippen LogP contribution in [0.2, 0.25) is 0 Å². The van der Waals surface area contributed by atoms with Crippen molar-refractivity contribution in [3.05, 3.63) is 0 Å². The van der Waals surface area contributed by atoms with E-state index in [9.17, 15) is 4.79 Å². The first kappa shape index (κ1) is 11.5. The molecule has 0 aromatic rings. The van der Waals surface area contributed by atoms with E-state index in [2.05, 4.69) is 19.2 Å². The molecule has 0 bridgehead atoms. The molecule has 14 heavy (non-hydrogen) atoms. The molecule has 1 rings (SSSR count). The molecule has 82 valence electrons. The third kappa shape index (κ3) is 3.29. The molecule has 0 aliphatic carbocycles. The van der Waals surface area contributed by atoms with E-state index < -0.39 is 0 Å². The molecule has 0 radical (unpaired) electrons. The zero-order valence-electron chi connectivity index (χ0n) is 9.38. The Morgan fingerprint density at radius 1 is 1.36 bits per heavy atom. The van der Waals surface area contributed by atoms with Gasteiger partial charge >= 0.3 is 0 Å². The van der Waals surface area contributed by atoms with Crippen molar-refractivity contribution in [2.45, 2.75) is 39.7 Å². The number of carbonyl (C=O) groups is 1. The van der Waals surface area contributed by atoms with E-state index in [-0.39, 0.29) is 5.91 Å². The number of hydrogen-bond donors (Lipinski definition) is 1. The number of amides is 1. The van der Waals surface area contributed by atoms with Gasteiger partial charge in [-0.15, -0.1) is 0 Å². The summed E-state index contributed by atoms with van der Waals surface area (Å²) in [5.74, 6) is 1.17. The fourth-order valence-electron chi connectivity index (χ4n) is 2.14. The van der Waals surface area contributed by atoms with Crippen LogP contribution in [0.3, 0.4) is 0 Å². The summed E-state index contributed by atoms with van der Waals surface area (Å²) in [4.78, 5) is 11.1. The van der Waals surface area contributed by atoms with E-state index >= 15 is 0 Å². The number of nitrogens with one attached hydrogen (secondary N) is 1. The lowest BCUT2D eigenvalue weighted by atomic mass is 9.85. The lowest BCUT2D eigenvalue weighted by molar-refractivity contribution is -0.120. The Morgan fingerprint density at radius 3 is 2.36 bits per heavy atom. The molecule has 1 unspecified atom stereocenters. The van der Waals surface area contributed by atoms with Crippen molar-refractivity contribution in [3.63, 3.8) is 0 Å². The molecular formula is C11H21NO2. The molecule has 1 aliphatic heterocycles. The maximum Gasteiger partial charge on any atom is 0.217 e. The molecule has 1 N–H and O–H groups in total. The van der Waals surface area contributed by atoms with Crippen LogP contribution in [0.5, 0.6) is 0 Å². The second-order valence-electron chi connectivity index (χ2n) is 4.42. The third-order valence-corrected chi connectivity index (χ3v) is 2.86. The van der Waals surface area contributed by atoms with E-state index in [1.807, 2.05) is 0 Å². The summed E-state index contributed by atoms with van der Waals surface area (Å²) >= 11 is 0. The van der Waals surface area contributed by atoms with Crippen molar-refractivity contribution in [1.29, 1.82) is 0 Å². The lowest BCUT2D eigenvalue weighted by Crippen LogP contribution is -2.44. The SMILES string of the molecule is CC(=O)NC(C(C)C)C1CCOCC1. The number of hydrogen-bond acceptors (Lipinski definition) is 2. The summed E-state index contributed by atoms with van der Waals surface area (Å²) in [6.07, 6.45) is 2.15. The number of ether oxygens (including phenoxy) is 1. The van der Waals surface area contributed by atoms with Gasteiger partial charge < -0.3 is 10.1 Å². The normalized spacial score (nSPS) is 20.9. The Balaban J connectivity index is 2.51. The molecular weight excluding hydrogens is 178 g/mol. The van der Waals surface area contributed by atoms with Crippen LogP contribution >= 0.6 is 0 Å². The van der Waals surface area contributed by atoms with Gasteiger partial charge in [0.1, 0.15) is 0 Å². The minimum atomic E-state index is 0.0789. The van der Waals surface area contributed by atoms with Gasteiger partial charge in [0, 0.05) is 26.2 Å². The van der Waals surface area contributed by atoms with Crippen molar-refractivity contribution in [3.8, 4) is 0 Å². The molecule has 0 aromatic carbocycles. The highest BCUT2D eigenvalue weighted by Crippen LogP contribution is 2.23. The van der Waals surface area contributed by atoms with Gasteiger partial charge in [-0.2, -0.15) is 0 Å². The van der Waals surface area contributed by atoms with Gasteiger partial charge in [0.25, 0.3) is 0 Å². The van der Waals surface area contributed by atoms with Gasteiger partial charge in [0.15, 0.2) is 0 Å². The Bertz CT molecular complexity index is 186. The fraction of sp³-hybridized carbons (Fsp3) is 0.909. The van der Waals surface area contributed by atoms with Crippen LogP contribution < -0.4 is 5.32 Å². The van der Waals surface area contributed by atoms with E-state index in [0.29, 0.717) is 17.9 Å². The molecule has 3 nitrogen and oxygen atoms in total. The van der Waals surface area contributed by atoms with E-state index in [4.69, 9.17) is 4.74 Å². The maximum absolute atomic E-state index is 11.1. The molecule has 1 atom stereocenters. The summed E-state index contributed by atoms with van der Waals surface area (Å²) in [6, 6.07) is 0.316. The van der Waals surface area contributed by atoms with Crippen molar-refractivity contribution in [1.82, 2.24) is 5.32 Å². The van der Waals surface area contributed by atoms with E-state index in [1.165, 1.54) is 0 Å². The van der Waals surface area contributed by atoms with Crippen molar-refractivity contribution in [2.75, 3.05) is 13.2 Å². The zero-order chi connectivity index (χ0) is 10.6. The molecule has 1 saturated heterocycles. The molecule has 0 spiro atoms. The van der Waals surface area contributed by atoms with Gasteiger partial charge in [0.2, 0.25) is 5.91 Å². The Hall–Kier alpha value is -0.570. The van der Waals surface area contributed by atoms with Crippen molar-refractivity contribution < 1.29 is 9.53 Å². The maximum atomic E-state index is 11.1. The van der Waals surface area contributed by atoms with Crippen LogP contribution in [0.15, 0.2) is 0 Å². The molecule has 3 heteroatoms. The average Bonchev–Trinajstić information content (AvgIpc) is 2.15. The predicted octanol–water partition coefficient (Wildman–Crippen LogP) is 1.57. The molecule has 1 aliphatic rings. The Kier molecular flexibility index (Phi) is 4.39. The number of rotatable bonds is 3. The molecule has 1 heterocycles. The van der Waals surface area contributed by atoms with Crippen LogP contribution in [0, 0.1) is 11.8 Å². The van der Waals surface area contributed by atoms with Crippen molar-refractivity contribution >= 4 is 5.91 Å². The quantitative estimate of drug-likeness (QED) is 0.749. The summed E-state index contributed by atoms with van der Waals surface area (Å²) in [5, 5.41) is 3.05. The van der Waals surface area contributed by atoms with Crippen LogP contribution in [0.4, 0.5) is 0 Å². The first-order valence-corrected chi connectivity index (χ1v) is 5.46. The largest absolute Gasteiger partial charge is 0.381 e. The minimum Gasteiger partial charge on any atom is -0.381 e. The summed E-state index contributed by atoms with van der Waals surface area (Å²) in [6.45, 7) is 7.60. The first-order valence-electron chi connectivity index (χ1n) is 5.46. The molecule has 1 amide bonds. The van der Waals surface area contributed by atoms with Gasteiger partial charge in [-0.05, 0) is 24.7 Å². The van der Waals surface area contributed by atoms with Crippen LogP contribution in [0.1, 0.15) is 33.6 Å². The highest BCUT2D eigenvalue weighted by Gasteiger charge is 2.26. The summed E-state index contributed by atoms with van der Waals surface area (Å²) in [7, 11) is 0. The topological polar surface area (TPSA) is 38.3 Å². The summed E-state index contributed by atoms with van der Waals surface area (Å²) < 4.78 is 5.32. The Labute approximate surface area is 86.2 Å². The standard InChI is InChI=1S/C11H21NO2/c1-8(2)11(12-9(3)13)10-4-6-14-7-5-10/h8,10-11H,4-7H2,1-3H3,(H,12,13). The third-order valence-electron chi connectivity index (χ3n) is 2.86. The molecule has 0 saturated carbocycles. The predicted molar refractivity (Wildman–Crippen MR) is 56.0 cm³/mol. The van der Waals surface area contributed by atoms with Gasteiger partial charge in [-0.25, -0.2) is 0 Å². The summed E-state index contributed by atoms with van der Waals surface area (Å²) in [5.41, 5.74) is 0. The fourth-order valence-corrected chi connectivity index (χ4v) is 2.14. The molecule has 0 aromatic heterocycles. The van der Waals surface area contributed by atoms with Crippen molar-refractivity contribution in [2.24, 2.45) is 11.8 Å². The molecule has 1 fully saturated rings. The highest BCUT2D eigenvalue weighted by atomic mass is 16.5. The highest BCUT2D eigenvalue weighted by molar-refractivity contribution is 5.73. The number of carbonyl (C=O) groups excluding carboxylic acids is 1. The Morgan fingerprint density at radius 2 is 1.93 bits per heavy atom. The second-order valence-corrected chi connectivity index (χ2v) is 4.42. The smallest absolute Gasteiger partial charge is 0.217 e.